The molecular formula is C22H28BrClN4O2S. The van der Waals surface area contributed by atoms with Crippen LogP contribution < -0.4 is 16.0 Å². The fourth-order valence-corrected chi connectivity index (χ4v) is 3.24. The van der Waals surface area contributed by atoms with E-state index in [0.29, 0.717) is 12.0 Å². The van der Waals surface area contributed by atoms with Gasteiger partial charge in [0.15, 0.2) is 5.11 Å². The van der Waals surface area contributed by atoms with E-state index in [1.807, 2.05) is 27.1 Å². The molecule has 31 heavy (non-hydrogen) atoms. The molecule has 0 aliphatic heterocycles. The molecule has 0 aliphatic carbocycles. The van der Waals surface area contributed by atoms with Crippen LogP contribution in [0.25, 0.3) is 0 Å². The lowest BCUT2D eigenvalue weighted by Crippen LogP contribution is -2.34. The largest absolute Gasteiger partial charge is 0.332 e. The molecule has 168 valence electrons. The Labute approximate surface area is 203 Å². The molecule has 0 bridgehead atoms. The number of aryl methyl sites for hydroxylation is 1. The zero-order chi connectivity index (χ0) is 22.1. The number of nitrogens with zero attached hydrogens (tertiary/aromatic N) is 1. The molecule has 0 atom stereocenters. The molecule has 0 unspecified atom stereocenters. The third-order valence-electron chi connectivity index (χ3n) is 4.35. The van der Waals surface area contributed by atoms with Crippen LogP contribution in [0.4, 0.5) is 11.4 Å². The number of unbranched alkanes of at least 4 members (excludes halogenated alkanes) is 1. The first-order valence-corrected chi connectivity index (χ1v) is 10.9. The first-order chi connectivity index (χ1) is 14.2. The van der Waals surface area contributed by atoms with Gasteiger partial charge in [-0.3, -0.25) is 14.9 Å². The van der Waals surface area contributed by atoms with Crippen molar-refractivity contribution in [3.05, 3.63) is 58.1 Å². The number of carbonyl (C=O) groups excluding carboxylic acids is 2. The van der Waals surface area contributed by atoms with Gasteiger partial charge in [-0.2, -0.15) is 0 Å². The van der Waals surface area contributed by atoms with Gasteiger partial charge in [0.05, 0.1) is 0 Å². The van der Waals surface area contributed by atoms with Crippen LogP contribution in [0.15, 0.2) is 46.9 Å². The average molecular weight is 528 g/mol. The van der Waals surface area contributed by atoms with E-state index in [-0.39, 0.29) is 29.3 Å². The first-order valence-electron chi connectivity index (χ1n) is 9.67. The number of carbonyl (C=O) groups is 2. The zero-order valence-electron chi connectivity index (χ0n) is 17.8. The molecule has 0 aromatic heterocycles. The minimum atomic E-state index is -0.286. The number of nitrogens with one attached hydrogen (secondary N) is 3. The number of anilines is 2. The predicted molar refractivity (Wildman–Crippen MR) is 137 cm³/mol. The lowest BCUT2D eigenvalue weighted by Gasteiger charge is -2.11. The van der Waals surface area contributed by atoms with Crippen molar-refractivity contribution in [1.29, 1.82) is 0 Å². The average Bonchev–Trinajstić information content (AvgIpc) is 2.68. The van der Waals surface area contributed by atoms with Crippen LogP contribution in [0.3, 0.4) is 0 Å². The van der Waals surface area contributed by atoms with E-state index in [2.05, 4.69) is 36.8 Å². The maximum Gasteiger partial charge on any atom is 0.257 e. The topological polar surface area (TPSA) is 73.5 Å². The molecule has 2 aromatic carbocycles. The molecule has 0 saturated heterocycles. The summed E-state index contributed by atoms with van der Waals surface area (Å²) in [6.07, 6.45) is 2.35. The normalized spacial score (nSPS) is 10.2. The summed E-state index contributed by atoms with van der Waals surface area (Å²) in [5.74, 6) is -0.284. The van der Waals surface area contributed by atoms with E-state index in [1.165, 1.54) is 0 Å². The Morgan fingerprint density at radius 2 is 1.61 bits per heavy atom. The molecule has 2 amide bonds. The zero-order valence-corrected chi connectivity index (χ0v) is 21.0. The van der Waals surface area contributed by atoms with Crippen molar-refractivity contribution in [2.24, 2.45) is 0 Å². The lowest BCUT2D eigenvalue weighted by molar-refractivity contribution is -0.116. The Bertz CT molecular complexity index is 907. The highest BCUT2D eigenvalue weighted by Gasteiger charge is 2.10. The highest BCUT2D eigenvalue weighted by Crippen LogP contribution is 2.18. The standard InChI is InChI=1S/C22H27BrN4O2S.ClH/c1-15-7-8-16(14-19(15)23)21(29)26-22(30)25-18-11-9-17(10-12-18)24-20(28)6-4-5-13-27(2)3;/h7-12,14H,4-6,13H2,1-3H3,(H,24,28)(H2,25,26,29,30);1H. The number of rotatable bonds is 8. The Morgan fingerprint density at radius 1 is 1.00 bits per heavy atom. The van der Waals surface area contributed by atoms with Gasteiger partial charge >= 0.3 is 0 Å². The van der Waals surface area contributed by atoms with Gasteiger partial charge in [0, 0.05) is 27.8 Å². The number of benzene rings is 2. The second kappa shape index (κ2) is 13.4. The highest BCUT2D eigenvalue weighted by atomic mass is 79.9. The van der Waals surface area contributed by atoms with Gasteiger partial charge in [0.25, 0.3) is 5.91 Å². The number of amides is 2. The number of hydrogen-bond acceptors (Lipinski definition) is 4. The third kappa shape index (κ3) is 9.78. The van der Waals surface area contributed by atoms with Crippen LogP contribution in [-0.4, -0.2) is 42.5 Å². The minimum Gasteiger partial charge on any atom is -0.332 e. The molecule has 0 aliphatic rings. The SMILES string of the molecule is Cc1ccc(C(=O)NC(=S)Nc2ccc(NC(=O)CCCCN(C)C)cc2)cc1Br.Cl. The van der Waals surface area contributed by atoms with Gasteiger partial charge in [-0.05, 0) is 94.6 Å². The number of thiocarbonyl (C=S) groups is 1. The molecule has 0 saturated carbocycles. The molecular weight excluding hydrogens is 500 g/mol. The Hall–Kier alpha value is -2.00. The van der Waals surface area contributed by atoms with Crippen molar-refractivity contribution in [2.45, 2.75) is 26.2 Å². The van der Waals surface area contributed by atoms with Crippen LogP contribution in [0.5, 0.6) is 0 Å². The third-order valence-corrected chi connectivity index (χ3v) is 5.41. The number of halogens is 2. The molecule has 6 nitrogen and oxygen atoms in total. The molecule has 0 radical (unpaired) electrons. The van der Waals surface area contributed by atoms with Crippen molar-refractivity contribution in [3.8, 4) is 0 Å². The fourth-order valence-electron chi connectivity index (χ4n) is 2.65. The van der Waals surface area contributed by atoms with Crippen LogP contribution in [0.2, 0.25) is 0 Å². The maximum atomic E-state index is 12.3. The first kappa shape index (κ1) is 27.0. The number of hydrogen-bond donors (Lipinski definition) is 3. The summed E-state index contributed by atoms with van der Waals surface area (Å²) in [5.41, 5.74) is 3.00. The minimum absolute atomic E-state index is 0. The van der Waals surface area contributed by atoms with Crippen molar-refractivity contribution >= 4 is 68.9 Å². The van der Waals surface area contributed by atoms with E-state index >= 15 is 0 Å². The predicted octanol–water partition coefficient (Wildman–Crippen LogP) is 4.98. The van der Waals surface area contributed by atoms with Crippen molar-refractivity contribution in [3.63, 3.8) is 0 Å². The van der Waals surface area contributed by atoms with E-state index in [9.17, 15) is 9.59 Å². The van der Waals surface area contributed by atoms with E-state index in [4.69, 9.17) is 12.2 Å². The van der Waals surface area contributed by atoms with Gasteiger partial charge in [-0.1, -0.05) is 22.0 Å². The van der Waals surface area contributed by atoms with Gasteiger partial charge in [-0.15, -0.1) is 12.4 Å². The summed E-state index contributed by atoms with van der Waals surface area (Å²) in [5, 5.41) is 8.72. The molecule has 0 spiro atoms. The van der Waals surface area contributed by atoms with Crippen molar-refractivity contribution < 1.29 is 9.59 Å². The molecule has 2 rings (SSSR count). The molecule has 2 aromatic rings. The second-order valence-electron chi connectivity index (χ2n) is 7.26. The van der Waals surface area contributed by atoms with E-state index in [0.717, 1.165) is 40.8 Å². The highest BCUT2D eigenvalue weighted by molar-refractivity contribution is 9.10. The summed E-state index contributed by atoms with van der Waals surface area (Å²) in [4.78, 5) is 26.4. The second-order valence-corrected chi connectivity index (χ2v) is 8.52. The Kier molecular flexibility index (Phi) is 11.7. The summed E-state index contributed by atoms with van der Waals surface area (Å²) in [6.45, 7) is 2.93. The summed E-state index contributed by atoms with van der Waals surface area (Å²) >= 11 is 8.64. The van der Waals surface area contributed by atoms with Crippen molar-refractivity contribution in [1.82, 2.24) is 10.2 Å². The summed E-state index contributed by atoms with van der Waals surface area (Å²) < 4.78 is 0.865. The van der Waals surface area contributed by atoms with E-state index in [1.54, 1.807) is 36.4 Å². The lowest BCUT2D eigenvalue weighted by atomic mass is 10.1. The fraction of sp³-hybridized carbons (Fsp3) is 0.318. The Balaban J connectivity index is 0.00000480. The van der Waals surface area contributed by atoms with Crippen LogP contribution in [-0.2, 0) is 4.79 Å². The van der Waals surface area contributed by atoms with Crippen LogP contribution >= 0.6 is 40.6 Å². The summed E-state index contributed by atoms with van der Waals surface area (Å²) in [7, 11) is 4.04. The maximum absolute atomic E-state index is 12.3. The summed E-state index contributed by atoms with van der Waals surface area (Å²) in [6, 6.07) is 12.5. The van der Waals surface area contributed by atoms with Crippen LogP contribution in [0.1, 0.15) is 35.2 Å². The molecule has 9 heteroatoms. The Morgan fingerprint density at radius 3 is 2.19 bits per heavy atom. The molecule has 3 N–H and O–H groups in total. The van der Waals surface area contributed by atoms with Gasteiger partial charge in [0.1, 0.15) is 0 Å². The monoisotopic (exact) mass is 526 g/mol. The van der Waals surface area contributed by atoms with Gasteiger partial charge in [0.2, 0.25) is 5.91 Å². The van der Waals surface area contributed by atoms with Crippen molar-refractivity contribution in [2.75, 3.05) is 31.3 Å². The van der Waals surface area contributed by atoms with Gasteiger partial charge < -0.3 is 15.5 Å². The molecule has 0 heterocycles. The quantitative estimate of drug-likeness (QED) is 0.334. The molecule has 0 fully saturated rings. The smallest absolute Gasteiger partial charge is 0.257 e. The van der Waals surface area contributed by atoms with E-state index < -0.39 is 0 Å². The van der Waals surface area contributed by atoms with Gasteiger partial charge in [-0.25, -0.2) is 0 Å². The van der Waals surface area contributed by atoms with Crippen LogP contribution in [0, 0.1) is 6.92 Å².